The first kappa shape index (κ1) is 25.5. The van der Waals surface area contributed by atoms with Crippen molar-refractivity contribution >= 4 is 52.5 Å². The average Bonchev–Trinajstić information content (AvgIpc) is 2.80. The number of halogens is 3. The van der Waals surface area contributed by atoms with Crippen LogP contribution in [0.5, 0.6) is 11.5 Å². The van der Waals surface area contributed by atoms with E-state index in [0.717, 1.165) is 11.1 Å². The molecular formula is C26H21Cl3N2O3. The minimum Gasteiger partial charge on any atom is -0.490 e. The molecule has 0 aliphatic rings. The lowest BCUT2D eigenvalue weighted by atomic mass is 10.1. The molecule has 0 saturated carbocycles. The summed E-state index contributed by atoms with van der Waals surface area (Å²) >= 11 is 18.4. The maximum atomic E-state index is 12.7. The molecule has 34 heavy (non-hydrogen) atoms. The Morgan fingerprint density at radius 3 is 2.41 bits per heavy atom. The number of nitriles is 1. The van der Waals surface area contributed by atoms with E-state index in [1.54, 1.807) is 42.5 Å². The number of ether oxygens (including phenoxy) is 2. The summed E-state index contributed by atoms with van der Waals surface area (Å²) in [6.45, 7) is 4.30. The number of hydrogen-bond acceptors (Lipinski definition) is 4. The van der Waals surface area contributed by atoms with Crippen LogP contribution in [0.4, 0.5) is 5.69 Å². The van der Waals surface area contributed by atoms with Gasteiger partial charge in [0.1, 0.15) is 18.2 Å². The van der Waals surface area contributed by atoms with Crippen molar-refractivity contribution < 1.29 is 14.3 Å². The van der Waals surface area contributed by atoms with Crippen molar-refractivity contribution in [1.29, 1.82) is 5.26 Å². The molecule has 0 aliphatic heterocycles. The van der Waals surface area contributed by atoms with Crippen LogP contribution in [0.25, 0.3) is 6.08 Å². The summed E-state index contributed by atoms with van der Waals surface area (Å²) in [5, 5.41) is 13.7. The fraction of sp³-hybridized carbons (Fsp3) is 0.154. The molecule has 3 rings (SSSR count). The zero-order chi connectivity index (χ0) is 24.7. The SMILES string of the molecule is CCOc1cc(/C=C(\C#N)C(=O)Nc2cc(Cl)ccc2C)cc(Cl)c1OCc1ccc(Cl)cc1. The Morgan fingerprint density at radius 2 is 1.74 bits per heavy atom. The lowest BCUT2D eigenvalue weighted by Crippen LogP contribution is -2.14. The number of rotatable bonds is 8. The Labute approximate surface area is 213 Å². The van der Waals surface area contributed by atoms with Gasteiger partial charge >= 0.3 is 0 Å². The highest BCUT2D eigenvalue weighted by Crippen LogP contribution is 2.38. The molecule has 0 bridgehead atoms. The summed E-state index contributed by atoms with van der Waals surface area (Å²) in [6.07, 6.45) is 1.44. The van der Waals surface area contributed by atoms with Gasteiger partial charge in [0.2, 0.25) is 0 Å². The van der Waals surface area contributed by atoms with Gasteiger partial charge < -0.3 is 14.8 Å². The summed E-state index contributed by atoms with van der Waals surface area (Å²) in [5.41, 5.74) is 2.66. The first-order chi connectivity index (χ1) is 16.3. The molecule has 0 fully saturated rings. The van der Waals surface area contributed by atoms with E-state index < -0.39 is 5.91 Å². The summed E-state index contributed by atoms with van der Waals surface area (Å²) in [7, 11) is 0. The van der Waals surface area contributed by atoms with Crippen LogP contribution >= 0.6 is 34.8 Å². The van der Waals surface area contributed by atoms with Crippen LogP contribution in [0.3, 0.4) is 0 Å². The van der Waals surface area contributed by atoms with Crippen LogP contribution in [0.1, 0.15) is 23.6 Å². The molecule has 1 amide bonds. The van der Waals surface area contributed by atoms with Crippen LogP contribution in [0.2, 0.25) is 15.1 Å². The number of nitrogens with zero attached hydrogens (tertiary/aromatic N) is 1. The van der Waals surface area contributed by atoms with Crippen molar-refractivity contribution in [2.45, 2.75) is 20.5 Å². The van der Waals surface area contributed by atoms with E-state index in [0.29, 0.717) is 39.4 Å². The van der Waals surface area contributed by atoms with Crippen molar-refractivity contribution in [1.82, 2.24) is 0 Å². The van der Waals surface area contributed by atoms with Crippen molar-refractivity contribution in [2.75, 3.05) is 11.9 Å². The molecule has 0 radical (unpaired) electrons. The minimum atomic E-state index is -0.565. The molecule has 0 aliphatic carbocycles. The van der Waals surface area contributed by atoms with Gasteiger partial charge in [0.25, 0.3) is 5.91 Å². The number of aryl methyl sites for hydroxylation is 1. The van der Waals surface area contributed by atoms with Gasteiger partial charge in [-0.15, -0.1) is 0 Å². The van der Waals surface area contributed by atoms with Crippen molar-refractivity contribution in [2.24, 2.45) is 0 Å². The van der Waals surface area contributed by atoms with Crippen LogP contribution in [-0.2, 0) is 11.4 Å². The maximum absolute atomic E-state index is 12.7. The van der Waals surface area contributed by atoms with Gasteiger partial charge in [-0.05, 0) is 73.0 Å². The van der Waals surface area contributed by atoms with Crippen molar-refractivity contribution in [3.63, 3.8) is 0 Å². The normalized spacial score (nSPS) is 11.0. The molecule has 0 spiro atoms. The molecule has 5 nitrogen and oxygen atoms in total. The maximum Gasteiger partial charge on any atom is 0.266 e. The van der Waals surface area contributed by atoms with Gasteiger partial charge in [0.05, 0.1) is 11.6 Å². The number of hydrogen-bond donors (Lipinski definition) is 1. The predicted molar refractivity (Wildman–Crippen MR) is 137 cm³/mol. The van der Waals surface area contributed by atoms with E-state index in [4.69, 9.17) is 44.3 Å². The van der Waals surface area contributed by atoms with Crippen molar-refractivity contribution in [3.05, 3.63) is 91.9 Å². The van der Waals surface area contributed by atoms with Crippen LogP contribution in [0.15, 0.2) is 60.2 Å². The highest BCUT2D eigenvalue weighted by molar-refractivity contribution is 6.32. The molecule has 3 aromatic rings. The molecule has 0 saturated heterocycles. The largest absolute Gasteiger partial charge is 0.490 e. The third-order valence-corrected chi connectivity index (χ3v) is 5.52. The quantitative estimate of drug-likeness (QED) is 0.249. The zero-order valence-electron chi connectivity index (χ0n) is 18.5. The highest BCUT2D eigenvalue weighted by Gasteiger charge is 2.15. The van der Waals surface area contributed by atoms with E-state index >= 15 is 0 Å². The number of amides is 1. The fourth-order valence-corrected chi connectivity index (χ4v) is 3.62. The molecule has 8 heteroatoms. The number of nitrogens with one attached hydrogen (secondary N) is 1. The lowest BCUT2D eigenvalue weighted by molar-refractivity contribution is -0.112. The number of anilines is 1. The van der Waals surface area contributed by atoms with Gasteiger partial charge in [-0.25, -0.2) is 0 Å². The van der Waals surface area contributed by atoms with Gasteiger partial charge in [0, 0.05) is 15.7 Å². The standard InChI is InChI=1S/C26H21Cl3N2O3/c1-3-33-24-12-18(11-22(29)25(24)34-15-17-5-8-20(27)9-6-17)10-19(14-30)26(32)31-23-13-21(28)7-4-16(23)2/h4-13H,3,15H2,1-2H3,(H,31,32)/b19-10+. The summed E-state index contributed by atoms with van der Waals surface area (Å²) in [5.74, 6) is 0.205. The minimum absolute atomic E-state index is 0.104. The monoisotopic (exact) mass is 514 g/mol. The highest BCUT2D eigenvalue weighted by atomic mass is 35.5. The molecule has 3 aromatic carbocycles. The third-order valence-electron chi connectivity index (χ3n) is 4.75. The number of carbonyl (C=O) groups excluding carboxylic acids is 1. The summed E-state index contributed by atoms with van der Waals surface area (Å²) in [4.78, 5) is 12.7. The first-order valence-electron chi connectivity index (χ1n) is 10.3. The Morgan fingerprint density at radius 1 is 1.03 bits per heavy atom. The van der Waals surface area contributed by atoms with E-state index in [1.807, 2.05) is 32.0 Å². The lowest BCUT2D eigenvalue weighted by Gasteiger charge is -2.15. The van der Waals surface area contributed by atoms with E-state index in [9.17, 15) is 10.1 Å². The smallest absolute Gasteiger partial charge is 0.266 e. The molecule has 174 valence electrons. The Bertz CT molecular complexity index is 1270. The summed E-state index contributed by atoms with van der Waals surface area (Å²) < 4.78 is 11.6. The first-order valence-corrected chi connectivity index (χ1v) is 11.5. The third kappa shape index (κ3) is 6.68. The number of benzene rings is 3. The molecule has 0 aromatic heterocycles. The van der Waals surface area contributed by atoms with E-state index in [-0.39, 0.29) is 17.2 Å². The Kier molecular flexibility index (Phi) is 8.84. The topological polar surface area (TPSA) is 71.3 Å². The predicted octanol–water partition coefficient (Wildman–Crippen LogP) is 7.48. The second-order valence-corrected chi connectivity index (χ2v) is 8.54. The van der Waals surface area contributed by atoms with Gasteiger partial charge in [-0.3, -0.25) is 4.79 Å². The van der Waals surface area contributed by atoms with Gasteiger partial charge in [-0.2, -0.15) is 5.26 Å². The van der Waals surface area contributed by atoms with Crippen molar-refractivity contribution in [3.8, 4) is 17.6 Å². The summed E-state index contributed by atoms with van der Waals surface area (Å²) in [6, 6.07) is 17.6. The molecule has 1 N–H and O–H groups in total. The van der Waals surface area contributed by atoms with Crippen LogP contribution < -0.4 is 14.8 Å². The number of carbonyl (C=O) groups is 1. The van der Waals surface area contributed by atoms with Gasteiger partial charge in [-0.1, -0.05) is 53.0 Å². The second kappa shape index (κ2) is 11.8. The molecular weight excluding hydrogens is 495 g/mol. The van der Waals surface area contributed by atoms with E-state index in [2.05, 4.69) is 5.32 Å². The zero-order valence-corrected chi connectivity index (χ0v) is 20.8. The Balaban J connectivity index is 1.85. The van der Waals surface area contributed by atoms with E-state index in [1.165, 1.54) is 6.08 Å². The average molecular weight is 516 g/mol. The second-order valence-electron chi connectivity index (χ2n) is 7.26. The Hall–Kier alpha value is -3.17. The van der Waals surface area contributed by atoms with Gasteiger partial charge in [0.15, 0.2) is 11.5 Å². The van der Waals surface area contributed by atoms with Crippen LogP contribution in [-0.4, -0.2) is 12.5 Å². The molecule has 0 unspecified atom stereocenters. The molecule has 0 heterocycles. The fourth-order valence-electron chi connectivity index (χ4n) is 3.04. The molecule has 0 atom stereocenters. The van der Waals surface area contributed by atoms with Crippen LogP contribution in [0, 0.1) is 18.3 Å².